The SMILES string of the molecule is N#Cc1ccc(N2CC3CCC(N)C3C2)cc1[N+](=O)[O-]. The van der Waals surface area contributed by atoms with E-state index in [-0.39, 0.29) is 17.3 Å². The van der Waals surface area contributed by atoms with Crippen LogP contribution in [0.4, 0.5) is 11.4 Å². The molecule has 1 aliphatic heterocycles. The molecule has 2 aliphatic rings. The number of nitrogens with zero attached hydrogens (tertiary/aromatic N) is 3. The number of nitro groups is 1. The molecule has 0 amide bonds. The van der Waals surface area contributed by atoms with Gasteiger partial charge in [0.25, 0.3) is 5.69 Å². The van der Waals surface area contributed by atoms with Gasteiger partial charge in [0.15, 0.2) is 0 Å². The second-order valence-electron chi connectivity index (χ2n) is 5.64. The van der Waals surface area contributed by atoms with Crippen LogP contribution in [0.1, 0.15) is 18.4 Å². The van der Waals surface area contributed by atoms with Crippen LogP contribution in [0.5, 0.6) is 0 Å². The minimum atomic E-state index is -0.495. The molecular formula is C14H16N4O2. The molecule has 3 atom stereocenters. The molecule has 0 aromatic heterocycles. The van der Waals surface area contributed by atoms with E-state index in [4.69, 9.17) is 11.0 Å². The van der Waals surface area contributed by atoms with Crippen molar-refractivity contribution in [3.8, 4) is 6.07 Å². The van der Waals surface area contributed by atoms with E-state index in [1.165, 1.54) is 12.1 Å². The number of nitro benzene ring substituents is 1. The van der Waals surface area contributed by atoms with Gasteiger partial charge in [-0.25, -0.2) is 0 Å². The van der Waals surface area contributed by atoms with Crippen LogP contribution in [-0.2, 0) is 0 Å². The van der Waals surface area contributed by atoms with Crippen molar-refractivity contribution in [1.82, 2.24) is 0 Å². The molecule has 20 heavy (non-hydrogen) atoms. The molecule has 1 saturated carbocycles. The fraction of sp³-hybridized carbons (Fsp3) is 0.500. The number of fused-ring (bicyclic) bond motifs is 1. The second kappa shape index (κ2) is 4.76. The van der Waals surface area contributed by atoms with Crippen molar-refractivity contribution >= 4 is 11.4 Å². The molecular weight excluding hydrogens is 256 g/mol. The van der Waals surface area contributed by atoms with Gasteiger partial charge in [0.05, 0.1) is 4.92 Å². The summed E-state index contributed by atoms with van der Waals surface area (Å²) in [4.78, 5) is 12.7. The van der Waals surface area contributed by atoms with Crippen molar-refractivity contribution < 1.29 is 4.92 Å². The first kappa shape index (κ1) is 12.9. The summed E-state index contributed by atoms with van der Waals surface area (Å²) in [5.74, 6) is 1.09. The van der Waals surface area contributed by atoms with E-state index in [0.717, 1.165) is 31.6 Å². The lowest BCUT2D eigenvalue weighted by molar-refractivity contribution is -0.385. The standard InChI is InChI=1S/C14H16N4O2/c15-6-9-1-3-11(5-14(9)18(19)20)17-7-10-2-4-13(16)12(10)8-17/h1,3,5,10,12-13H,2,4,7-8,16H2. The predicted octanol–water partition coefficient (Wildman–Crippen LogP) is 1.64. The van der Waals surface area contributed by atoms with Crippen LogP contribution in [0.2, 0.25) is 0 Å². The Morgan fingerprint density at radius 3 is 2.85 bits per heavy atom. The number of hydrogen-bond donors (Lipinski definition) is 1. The van der Waals surface area contributed by atoms with Gasteiger partial charge in [0, 0.05) is 30.9 Å². The number of hydrogen-bond acceptors (Lipinski definition) is 5. The highest BCUT2D eigenvalue weighted by Gasteiger charge is 2.41. The lowest BCUT2D eigenvalue weighted by Crippen LogP contribution is -2.30. The fourth-order valence-corrected chi connectivity index (χ4v) is 3.48. The third-order valence-electron chi connectivity index (χ3n) is 4.58. The minimum Gasteiger partial charge on any atom is -0.371 e. The van der Waals surface area contributed by atoms with E-state index in [2.05, 4.69) is 4.90 Å². The van der Waals surface area contributed by atoms with Crippen LogP contribution in [-0.4, -0.2) is 24.1 Å². The molecule has 0 radical (unpaired) electrons. The van der Waals surface area contributed by atoms with Crippen LogP contribution >= 0.6 is 0 Å². The zero-order chi connectivity index (χ0) is 14.3. The van der Waals surface area contributed by atoms with Gasteiger partial charge in [-0.2, -0.15) is 5.26 Å². The van der Waals surface area contributed by atoms with Crippen LogP contribution in [0, 0.1) is 33.3 Å². The first-order valence-electron chi connectivity index (χ1n) is 6.79. The molecule has 3 unspecified atom stereocenters. The summed E-state index contributed by atoms with van der Waals surface area (Å²) < 4.78 is 0. The summed E-state index contributed by atoms with van der Waals surface area (Å²) >= 11 is 0. The van der Waals surface area contributed by atoms with Gasteiger partial charge in [-0.3, -0.25) is 10.1 Å². The lowest BCUT2D eigenvalue weighted by Gasteiger charge is -2.20. The Morgan fingerprint density at radius 2 is 2.20 bits per heavy atom. The molecule has 2 fully saturated rings. The quantitative estimate of drug-likeness (QED) is 0.652. The number of nitriles is 1. The molecule has 6 nitrogen and oxygen atoms in total. The Hall–Kier alpha value is -2.13. The van der Waals surface area contributed by atoms with Gasteiger partial charge in [-0.05, 0) is 36.8 Å². The number of anilines is 1. The zero-order valence-corrected chi connectivity index (χ0v) is 11.0. The predicted molar refractivity (Wildman–Crippen MR) is 74.2 cm³/mol. The Kier molecular flexibility index (Phi) is 3.07. The number of nitrogens with two attached hydrogens (primary N) is 1. The van der Waals surface area contributed by atoms with E-state index in [1.54, 1.807) is 6.07 Å². The first-order chi connectivity index (χ1) is 9.60. The van der Waals surface area contributed by atoms with Crippen LogP contribution in [0.25, 0.3) is 0 Å². The topological polar surface area (TPSA) is 96.2 Å². The highest BCUT2D eigenvalue weighted by Crippen LogP contribution is 2.39. The Morgan fingerprint density at radius 1 is 1.40 bits per heavy atom. The molecule has 3 rings (SSSR count). The fourth-order valence-electron chi connectivity index (χ4n) is 3.48. The normalized spacial score (nSPS) is 28.2. The summed E-state index contributed by atoms with van der Waals surface area (Å²) in [5.41, 5.74) is 6.91. The molecule has 1 saturated heterocycles. The summed E-state index contributed by atoms with van der Waals surface area (Å²) in [6, 6.07) is 6.93. The van der Waals surface area contributed by atoms with Gasteiger partial charge in [0.2, 0.25) is 0 Å². The molecule has 1 aromatic rings. The molecule has 1 aromatic carbocycles. The van der Waals surface area contributed by atoms with E-state index < -0.39 is 4.92 Å². The third kappa shape index (κ3) is 2.00. The summed E-state index contributed by atoms with van der Waals surface area (Å²) in [6.45, 7) is 1.76. The van der Waals surface area contributed by atoms with Crippen LogP contribution < -0.4 is 10.6 Å². The average Bonchev–Trinajstić information content (AvgIpc) is 3.00. The van der Waals surface area contributed by atoms with Crippen LogP contribution in [0.3, 0.4) is 0 Å². The van der Waals surface area contributed by atoms with Crippen molar-refractivity contribution in [2.75, 3.05) is 18.0 Å². The maximum atomic E-state index is 11.0. The Bertz CT molecular complexity index is 595. The second-order valence-corrected chi connectivity index (χ2v) is 5.64. The maximum absolute atomic E-state index is 11.0. The molecule has 0 spiro atoms. The van der Waals surface area contributed by atoms with Crippen molar-refractivity contribution in [2.24, 2.45) is 17.6 Å². The molecule has 1 heterocycles. The van der Waals surface area contributed by atoms with Crippen molar-refractivity contribution in [2.45, 2.75) is 18.9 Å². The largest absolute Gasteiger partial charge is 0.371 e. The zero-order valence-electron chi connectivity index (χ0n) is 11.0. The Labute approximate surface area is 116 Å². The van der Waals surface area contributed by atoms with E-state index >= 15 is 0 Å². The molecule has 104 valence electrons. The monoisotopic (exact) mass is 272 g/mol. The molecule has 2 N–H and O–H groups in total. The number of rotatable bonds is 2. The Balaban J connectivity index is 1.87. The molecule has 0 bridgehead atoms. The summed E-state index contributed by atoms with van der Waals surface area (Å²) in [7, 11) is 0. The van der Waals surface area contributed by atoms with Gasteiger partial charge >= 0.3 is 0 Å². The van der Waals surface area contributed by atoms with Gasteiger partial charge in [-0.15, -0.1) is 0 Å². The highest BCUT2D eigenvalue weighted by atomic mass is 16.6. The maximum Gasteiger partial charge on any atom is 0.289 e. The summed E-state index contributed by atoms with van der Waals surface area (Å²) in [6.07, 6.45) is 2.22. The van der Waals surface area contributed by atoms with E-state index in [0.29, 0.717) is 11.8 Å². The van der Waals surface area contributed by atoms with Crippen molar-refractivity contribution in [3.63, 3.8) is 0 Å². The smallest absolute Gasteiger partial charge is 0.289 e. The van der Waals surface area contributed by atoms with E-state index in [9.17, 15) is 10.1 Å². The lowest BCUT2D eigenvalue weighted by atomic mass is 9.98. The minimum absolute atomic E-state index is 0.106. The van der Waals surface area contributed by atoms with Gasteiger partial charge in [0.1, 0.15) is 11.6 Å². The summed E-state index contributed by atoms with van der Waals surface area (Å²) in [5, 5.41) is 19.9. The van der Waals surface area contributed by atoms with Crippen molar-refractivity contribution in [1.29, 1.82) is 5.26 Å². The molecule has 1 aliphatic carbocycles. The molecule has 6 heteroatoms. The number of benzene rings is 1. The van der Waals surface area contributed by atoms with Gasteiger partial charge in [-0.1, -0.05) is 0 Å². The highest BCUT2D eigenvalue weighted by molar-refractivity contribution is 5.60. The third-order valence-corrected chi connectivity index (χ3v) is 4.58. The first-order valence-corrected chi connectivity index (χ1v) is 6.79. The average molecular weight is 272 g/mol. The van der Waals surface area contributed by atoms with Gasteiger partial charge < -0.3 is 10.6 Å². The van der Waals surface area contributed by atoms with Crippen molar-refractivity contribution in [3.05, 3.63) is 33.9 Å². The van der Waals surface area contributed by atoms with E-state index in [1.807, 2.05) is 6.07 Å². The van der Waals surface area contributed by atoms with Crippen LogP contribution in [0.15, 0.2) is 18.2 Å².